The molecule has 0 unspecified atom stereocenters. The maximum absolute atomic E-state index is 12.5. The molecule has 1 atom stereocenters. The highest BCUT2D eigenvalue weighted by Crippen LogP contribution is 2.39. The van der Waals surface area contributed by atoms with Crippen molar-refractivity contribution < 1.29 is 33.3 Å². The molecule has 0 fully saturated rings. The van der Waals surface area contributed by atoms with Gasteiger partial charge in [-0.05, 0) is 50.2 Å². The Morgan fingerprint density at radius 1 is 0.867 bits per heavy atom. The van der Waals surface area contributed by atoms with Gasteiger partial charge >= 0.3 is 0 Å². The summed E-state index contributed by atoms with van der Waals surface area (Å²) in [6.45, 7) is 4.02. The number of ether oxygens (including phenoxy) is 5. The monoisotopic (exact) mass is 418 g/mol. The SMILES string of the molecule is CCOc1ccc(O[C@@H](C)C(=O)NNC(=O)c2ccc(OC)c(OC)c2OC)cc1. The van der Waals surface area contributed by atoms with Gasteiger partial charge in [-0.1, -0.05) is 0 Å². The van der Waals surface area contributed by atoms with Gasteiger partial charge in [-0.3, -0.25) is 20.4 Å². The average molecular weight is 418 g/mol. The van der Waals surface area contributed by atoms with Crippen molar-refractivity contribution in [2.24, 2.45) is 0 Å². The Labute approximate surface area is 175 Å². The van der Waals surface area contributed by atoms with E-state index in [-0.39, 0.29) is 17.1 Å². The first-order chi connectivity index (χ1) is 14.4. The predicted molar refractivity (Wildman–Crippen MR) is 109 cm³/mol. The van der Waals surface area contributed by atoms with Crippen molar-refractivity contribution in [3.05, 3.63) is 42.0 Å². The van der Waals surface area contributed by atoms with E-state index in [9.17, 15) is 9.59 Å². The average Bonchev–Trinajstić information content (AvgIpc) is 2.77. The molecule has 0 saturated heterocycles. The van der Waals surface area contributed by atoms with Crippen LogP contribution in [0.15, 0.2) is 36.4 Å². The molecule has 30 heavy (non-hydrogen) atoms. The highest BCUT2D eigenvalue weighted by Gasteiger charge is 2.22. The molecule has 0 spiro atoms. The molecule has 0 saturated carbocycles. The molecule has 9 nitrogen and oxygen atoms in total. The Morgan fingerprint density at radius 2 is 1.50 bits per heavy atom. The molecule has 2 amide bonds. The van der Waals surface area contributed by atoms with Gasteiger partial charge in [0.1, 0.15) is 11.5 Å². The number of nitrogens with one attached hydrogen (secondary N) is 2. The Bertz CT molecular complexity index is 868. The summed E-state index contributed by atoms with van der Waals surface area (Å²) in [5, 5.41) is 0. The minimum absolute atomic E-state index is 0.163. The van der Waals surface area contributed by atoms with Crippen LogP contribution in [-0.4, -0.2) is 45.9 Å². The molecule has 162 valence electrons. The number of hydrazine groups is 1. The van der Waals surface area contributed by atoms with E-state index in [1.54, 1.807) is 37.3 Å². The molecule has 0 aliphatic heterocycles. The third-order valence-electron chi connectivity index (χ3n) is 4.06. The lowest BCUT2D eigenvalue weighted by molar-refractivity contribution is -0.128. The minimum Gasteiger partial charge on any atom is -0.494 e. The largest absolute Gasteiger partial charge is 0.494 e. The molecule has 2 aromatic carbocycles. The maximum atomic E-state index is 12.5. The Kier molecular flexibility index (Phi) is 8.16. The summed E-state index contributed by atoms with van der Waals surface area (Å²) in [7, 11) is 4.31. The number of hydrogen-bond acceptors (Lipinski definition) is 7. The van der Waals surface area contributed by atoms with Crippen molar-refractivity contribution in [2.45, 2.75) is 20.0 Å². The summed E-state index contributed by atoms with van der Waals surface area (Å²) >= 11 is 0. The van der Waals surface area contributed by atoms with E-state index in [1.165, 1.54) is 27.4 Å². The number of carbonyl (C=O) groups is 2. The van der Waals surface area contributed by atoms with Crippen LogP contribution in [0.3, 0.4) is 0 Å². The van der Waals surface area contributed by atoms with Gasteiger partial charge in [0, 0.05) is 0 Å². The van der Waals surface area contributed by atoms with Crippen LogP contribution in [0, 0.1) is 0 Å². The lowest BCUT2D eigenvalue weighted by Crippen LogP contribution is -2.47. The fourth-order valence-electron chi connectivity index (χ4n) is 2.61. The molecule has 2 N–H and O–H groups in total. The molecule has 0 aliphatic rings. The van der Waals surface area contributed by atoms with Gasteiger partial charge in [0.2, 0.25) is 5.75 Å². The fourth-order valence-corrected chi connectivity index (χ4v) is 2.61. The summed E-state index contributed by atoms with van der Waals surface area (Å²) in [5.41, 5.74) is 4.84. The van der Waals surface area contributed by atoms with E-state index < -0.39 is 17.9 Å². The van der Waals surface area contributed by atoms with Gasteiger partial charge < -0.3 is 23.7 Å². The molecule has 0 aromatic heterocycles. The normalized spacial score (nSPS) is 11.1. The zero-order valence-corrected chi connectivity index (χ0v) is 17.6. The lowest BCUT2D eigenvalue weighted by atomic mass is 10.1. The van der Waals surface area contributed by atoms with E-state index in [1.807, 2.05) is 6.92 Å². The number of hydrogen-bond donors (Lipinski definition) is 2. The van der Waals surface area contributed by atoms with E-state index in [0.29, 0.717) is 23.9 Å². The number of benzene rings is 2. The molecule has 9 heteroatoms. The van der Waals surface area contributed by atoms with Crippen LogP contribution in [0.25, 0.3) is 0 Å². The molecular formula is C21H26N2O7. The van der Waals surface area contributed by atoms with E-state index >= 15 is 0 Å². The van der Waals surface area contributed by atoms with Crippen molar-refractivity contribution in [3.63, 3.8) is 0 Å². The summed E-state index contributed by atoms with van der Waals surface area (Å²) in [6.07, 6.45) is -0.851. The second-order valence-corrected chi connectivity index (χ2v) is 5.99. The van der Waals surface area contributed by atoms with E-state index in [0.717, 1.165) is 0 Å². The van der Waals surface area contributed by atoms with Gasteiger partial charge in [0.25, 0.3) is 11.8 Å². The van der Waals surface area contributed by atoms with Crippen LogP contribution in [0.5, 0.6) is 28.7 Å². The van der Waals surface area contributed by atoms with Crippen LogP contribution in [0.1, 0.15) is 24.2 Å². The molecule has 0 aliphatic carbocycles. The third kappa shape index (κ3) is 5.47. The maximum Gasteiger partial charge on any atom is 0.279 e. The summed E-state index contributed by atoms with van der Waals surface area (Å²) in [4.78, 5) is 24.8. The minimum atomic E-state index is -0.851. The van der Waals surface area contributed by atoms with Gasteiger partial charge in [-0.25, -0.2) is 0 Å². The molecular weight excluding hydrogens is 392 g/mol. The number of amides is 2. The van der Waals surface area contributed by atoms with Crippen molar-refractivity contribution in [1.29, 1.82) is 0 Å². The highest BCUT2D eigenvalue weighted by molar-refractivity contribution is 5.99. The molecule has 0 heterocycles. The van der Waals surface area contributed by atoms with E-state index in [2.05, 4.69) is 10.9 Å². The second-order valence-electron chi connectivity index (χ2n) is 5.99. The van der Waals surface area contributed by atoms with Crippen LogP contribution in [-0.2, 0) is 4.79 Å². The van der Waals surface area contributed by atoms with E-state index in [4.69, 9.17) is 23.7 Å². The predicted octanol–water partition coefficient (Wildman–Crippen LogP) is 2.34. The summed E-state index contributed by atoms with van der Waals surface area (Å²) in [6, 6.07) is 9.95. The van der Waals surface area contributed by atoms with Crippen LogP contribution in [0.4, 0.5) is 0 Å². The zero-order valence-electron chi connectivity index (χ0n) is 17.6. The number of carbonyl (C=O) groups excluding carboxylic acids is 2. The Balaban J connectivity index is 1.99. The first-order valence-corrected chi connectivity index (χ1v) is 9.23. The third-order valence-corrected chi connectivity index (χ3v) is 4.06. The smallest absolute Gasteiger partial charge is 0.279 e. The summed E-state index contributed by atoms with van der Waals surface area (Å²) in [5.74, 6) is 0.943. The quantitative estimate of drug-likeness (QED) is 0.602. The molecule has 0 radical (unpaired) electrons. The lowest BCUT2D eigenvalue weighted by Gasteiger charge is -2.17. The van der Waals surface area contributed by atoms with Gasteiger partial charge in [-0.15, -0.1) is 0 Å². The Hall–Kier alpha value is -3.62. The van der Waals surface area contributed by atoms with Crippen molar-refractivity contribution in [1.82, 2.24) is 10.9 Å². The topological polar surface area (TPSA) is 104 Å². The number of rotatable bonds is 9. The first-order valence-electron chi connectivity index (χ1n) is 9.23. The van der Waals surface area contributed by atoms with Crippen molar-refractivity contribution in [2.75, 3.05) is 27.9 Å². The standard InChI is InChI=1S/C21H26N2O7/c1-6-29-14-7-9-15(10-8-14)30-13(2)20(24)22-23-21(25)16-11-12-17(26-3)19(28-5)18(16)27-4/h7-13H,6H2,1-5H3,(H,22,24)(H,23,25)/t13-/m0/s1. The van der Waals surface area contributed by atoms with Crippen molar-refractivity contribution in [3.8, 4) is 28.7 Å². The molecule has 2 rings (SSSR count). The number of methoxy groups -OCH3 is 3. The van der Waals surface area contributed by atoms with Gasteiger partial charge in [0.05, 0.1) is 33.5 Å². The van der Waals surface area contributed by atoms with Crippen molar-refractivity contribution >= 4 is 11.8 Å². The second kappa shape index (κ2) is 10.8. The highest BCUT2D eigenvalue weighted by atomic mass is 16.5. The van der Waals surface area contributed by atoms with Gasteiger partial charge in [-0.2, -0.15) is 0 Å². The van der Waals surface area contributed by atoms with Gasteiger partial charge in [0.15, 0.2) is 17.6 Å². The summed E-state index contributed by atoms with van der Waals surface area (Å²) < 4.78 is 26.7. The molecule has 2 aromatic rings. The molecule has 0 bridgehead atoms. The van der Waals surface area contributed by atoms with Crippen LogP contribution < -0.4 is 34.5 Å². The Morgan fingerprint density at radius 3 is 2.07 bits per heavy atom. The zero-order chi connectivity index (χ0) is 22.1. The first kappa shape index (κ1) is 22.7. The fraction of sp³-hybridized carbons (Fsp3) is 0.333. The van der Waals surface area contributed by atoms with Crippen LogP contribution in [0.2, 0.25) is 0 Å². The van der Waals surface area contributed by atoms with Crippen LogP contribution >= 0.6 is 0 Å².